The minimum Gasteiger partial charge on any atom is -0.438 e. The molecule has 0 radical (unpaired) electrons. The summed E-state index contributed by atoms with van der Waals surface area (Å²) >= 11 is 0. The van der Waals surface area contributed by atoms with Crippen LogP contribution in [0, 0.1) is 6.92 Å². The van der Waals surface area contributed by atoms with Crippen LogP contribution in [0.2, 0.25) is 0 Å². The molecule has 2 aromatic rings. The third-order valence-electron chi connectivity index (χ3n) is 3.32. The van der Waals surface area contributed by atoms with E-state index in [-0.39, 0.29) is 11.8 Å². The van der Waals surface area contributed by atoms with Gasteiger partial charge in [0.05, 0.1) is 30.8 Å². The molecule has 110 valence electrons. The van der Waals surface area contributed by atoms with Gasteiger partial charge in [-0.3, -0.25) is 4.79 Å². The van der Waals surface area contributed by atoms with Gasteiger partial charge in [-0.15, -0.1) is 0 Å². The highest BCUT2D eigenvalue weighted by Gasteiger charge is 2.18. The molecule has 6 heteroatoms. The number of anilines is 2. The van der Waals surface area contributed by atoms with E-state index < -0.39 is 0 Å². The molecule has 2 heterocycles. The average molecular weight is 287 g/mol. The molecule has 3 rings (SSSR count). The Morgan fingerprint density at radius 1 is 1.29 bits per heavy atom. The number of nitrogens with zero attached hydrogens (tertiary/aromatic N) is 2. The summed E-state index contributed by atoms with van der Waals surface area (Å²) < 4.78 is 10.6. The number of rotatable bonds is 3. The average Bonchev–Trinajstić information content (AvgIpc) is 2.95. The van der Waals surface area contributed by atoms with Crippen LogP contribution in [0.4, 0.5) is 11.4 Å². The van der Waals surface area contributed by atoms with E-state index in [1.165, 1.54) is 6.20 Å². The Kier molecular flexibility index (Phi) is 3.87. The number of benzene rings is 1. The molecule has 0 atom stereocenters. The molecule has 1 aliphatic rings. The van der Waals surface area contributed by atoms with Crippen LogP contribution in [-0.4, -0.2) is 37.2 Å². The second kappa shape index (κ2) is 5.97. The van der Waals surface area contributed by atoms with Gasteiger partial charge in [0.1, 0.15) is 5.76 Å². The fourth-order valence-electron chi connectivity index (χ4n) is 2.29. The number of aryl methyl sites for hydroxylation is 1. The summed E-state index contributed by atoms with van der Waals surface area (Å²) in [4.78, 5) is 18.3. The lowest BCUT2D eigenvalue weighted by molar-refractivity contribution is 0.0989. The lowest BCUT2D eigenvalue weighted by Gasteiger charge is -2.30. The number of amides is 1. The number of aromatic nitrogens is 1. The zero-order chi connectivity index (χ0) is 14.7. The number of hydrogen-bond donors (Lipinski definition) is 1. The molecule has 1 amide bonds. The molecule has 0 unspecified atom stereocenters. The van der Waals surface area contributed by atoms with Gasteiger partial charge in [-0.2, -0.15) is 0 Å². The first-order valence-electron chi connectivity index (χ1n) is 6.89. The summed E-state index contributed by atoms with van der Waals surface area (Å²) in [5.41, 5.74) is 1.73. The zero-order valence-electron chi connectivity index (χ0n) is 11.8. The monoisotopic (exact) mass is 287 g/mol. The van der Waals surface area contributed by atoms with E-state index in [1.54, 1.807) is 6.92 Å². The minimum absolute atomic E-state index is 0.0734. The molecule has 0 saturated carbocycles. The molecule has 0 bridgehead atoms. The SMILES string of the molecule is Cc1cnc(C(=O)Nc2ccccc2N2CCOCC2)o1. The van der Waals surface area contributed by atoms with Gasteiger partial charge in [0.2, 0.25) is 0 Å². The summed E-state index contributed by atoms with van der Waals surface area (Å²) in [5.74, 6) is 0.342. The molecule has 1 N–H and O–H groups in total. The summed E-state index contributed by atoms with van der Waals surface area (Å²) in [6.45, 7) is 4.77. The van der Waals surface area contributed by atoms with E-state index in [0.717, 1.165) is 24.5 Å². The summed E-state index contributed by atoms with van der Waals surface area (Å²) in [7, 11) is 0. The fourth-order valence-corrected chi connectivity index (χ4v) is 2.29. The van der Waals surface area contributed by atoms with Crippen molar-refractivity contribution >= 4 is 17.3 Å². The van der Waals surface area contributed by atoms with Crippen molar-refractivity contribution in [1.82, 2.24) is 4.98 Å². The predicted octanol–water partition coefficient (Wildman–Crippen LogP) is 2.07. The molecular formula is C15H17N3O3. The maximum Gasteiger partial charge on any atom is 0.311 e. The van der Waals surface area contributed by atoms with Gasteiger partial charge >= 0.3 is 5.91 Å². The molecular weight excluding hydrogens is 270 g/mol. The van der Waals surface area contributed by atoms with Crippen molar-refractivity contribution in [1.29, 1.82) is 0 Å². The standard InChI is InChI=1S/C15H17N3O3/c1-11-10-16-15(21-11)14(19)17-12-4-2-3-5-13(12)18-6-8-20-9-7-18/h2-5,10H,6-9H2,1H3,(H,17,19). The lowest BCUT2D eigenvalue weighted by atomic mass is 10.2. The van der Waals surface area contributed by atoms with Gasteiger partial charge in [-0.25, -0.2) is 4.98 Å². The maximum absolute atomic E-state index is 12.2. The summed E-state index contributed by atoms with van der Waals surface area (Å²) in [6, 6.07) is 7.70. The normalized spacial score (nSPS) is 15.0. The van der Waals surface area contributed by atoms with Crippen LogP contribution in [0.1, 0.15) is 16.4 Å². The van der Waals surface area contributed by atoms with Crippen LogP contribution in [0.5, 0.6) is 0 Å². The van der Waals surface area contributed by atoms with E-state index in [4.69, 9.17) is 9.15 Å². The van der Waals surface area contributed by atoms with Crippen molar-refractivity contribution in [2.45, 2.75) is 6.92 Å². The van der Waals surface area contributed by atoms with Crippen LogP contribution >= 0.6 is 0 Å². The molecule has 1 fully saturated rings. The van der Waals surface area contributed by atoms with E-state index in [9.17, 15) is 4.79 Å². The Morgan fingerprint density at radius 3 is 2.76 bits per heavy atom. The van der Waals surface area contributed by atoms with Gasteiger partial charge in [0.15, 0.2) is 0 Å². The number of hydrogen-bond acceptors (Lipinski definition) is 5. The lowest BCUT2D eigenvalue weighted by Crippen LogP contribution is -2.36. The number of ether oxygens (including phenoxy) is 1. The first-order valence-corrected chi connectivity index (χ1v) is 6.89. The Bertz CT molecular complexity index is 633. The van der Waals surface area contributed by atoms with Gasteiger partial charge in [0.25, 0.3) is 5.89 Å². The molecule has 6 nitrogen and oxygen atoms in total. The maximum atomic E-state index is 12.2. The molecule has 21 heavy (non-hydrogen) atoms. The summed E-state index contributed by atoms with van der Waals surface area (Å²) in [6.07, 6.45) is 1.53. The van der Waals surface area contributed by atoms with Crippen molar-refractivity contribution < 1.29 is 13.9 Å². The van der Waals surface area contributed by atoms with E-state index >= 15 is 0 Å². The van der Waals surface area contributed by atoms with Gasteiger partial charge in [-0.05, 0) is 19.1 Å². The van der Waals surface area contributed by atoms with Crippen molar-refractivity contribution in [2.24, 2.45) is 0 Å². The highest BCUT2D eigenvalue weighted by molar-refractivity contribution is 6.03. The van der Waals surface area contributed by atoms with Gasteiger partial charge in [-0.1, -0.05) is 12.1 Å². The quantitative estimate of drug-likeness (QED) is 0.936. The van der Waals surface area contributed by atoms with Crippen molar-refractivity contribution in [3.05, 3.63) is 42.1 Å². The fraction of sp³-hybridized carbons (Fsp3) is 0.333. The Morgan fingerprint density at radius 2 is 2.05 bits per heavy atom. The smallest absolute Gasteiger partial charge is 0.311 e. The second-order valence-corrected chi connectivity index (χ2v) is 4.85. The zero-order valence-corrected chi connectivity index (χ0v) is 11.8. The van der Waals surface area contributed by atoms with E-state index in [0.29, 0.717) is 19.0 Å². The third-order valence-corrected chi connectivity index (χ3v) is 3.32. The number of morpholine rings is 1. The molecule has 1 saturated heterocycles. The molecule has 0 spiro atoms. The number of para-hydroxylation sites is 2. The van der Waals surface area contributed by atoms with Crippen LogP contribution < -0.4 is 10.2 Å². The van der Waals surface area contributed by atoms with Crippen LogP contribution in [-0.2, 0) is 4.74 Å². The van der Waals surface area contributed by atoms with Gasteiger partial charge < -0.3 is 19.4 Å². The Labute approximate surface area is 122 Å². The first kappa shape index (κ1) is 13.6. The van der Waals surface area contributed by atoms with Crippen LogP contribution in [0.3, 0.4) is 0 Å². The number of carbonyl (C=O) groups excluding carboxylic acids is 1. The van der Waals surface area contributed by atoms with Crippen LogP contribution in [0.25, 0.3) is 0 Å². The summed E-state index contributed by atoms with van der Waals surface area (Å²) in [5, 5.41) is 2.86. The Hall–Kier alpha value is -2.34. The van der Waals surface area contributed by atoms with Crippen molar-refractivity contribution in [3.63, 3.8) is 0 Å². The molecule has 1 aromatic heterocycles. The van der Waals surface area contributed by atoms with E-state index in [2.05, 4.69) is 15.2 Å². The number of nitrogens with one attached hydrogen (secondary N) is 1. The largest absolute Gasteiger partial charge is 0.438 e. The topological polar surface area (TPSA) is 67.6 Å². The molecule has 1 aliphatic heterocycles. The first-order chi connectivity index (χ1) is 10.2. The number of carbonyl (C=O) groups is 1. The molecule has 0 aliphatic carbocycles. The number of oxazole rings is 1. The van der Waals surface area contributed by atoms with Crippen molar-refractivity contribution in [3.8, 4) is 0 Å². The van der Waals surface area contributed by atoms with Gasteiger partial charge in [0, 0.05) is 13.1 Å². The highest BCUT2D eigenvalue weighted by Crippen LogP contribution is 2.26. The highest BCUT2D eigenvalue weighted by atomic mass is 16.5. The van der Waals surface area contributed by atoms with E-state index in [1.807, 2.05) is 24.3 Å². The Balaban J connectivity index is 1.80. The minimum atomic E-state index is -0.344. The third kappa shape index (κ3) is 3.05. The van der Waals surface area contributed by atoms with Crippen molar-refractivity contribution in [2.75, 3.05) is 36.5 Å². The second-order valence-electron chi connectivity index (χ2n) is 4.85. The molecule has 1 aromatic carbocycles. The van der Waals surface area contributed by atoms with Crippen LogP contribution in [0.15, 0.2) is 34.9 Å². The predicted molar refractivity (Wildman–Crippen MR) is 78.7 cm³/mol.